The van der Waals surface area contributed by atoms with Crippen molar-refractivity contribution in [1.29, 1.82) is 0 Å². The molecule has 1 saturated heterocycles. The SMILES string of the molecule is Cc1cccc(OCC(=O)NCC(c2ccccc2Cl)N2CCCCCC2)c1.Cl. The minimum atomic E-state index is -0.117. The van der Waals surface area contributed by atoms with Crippen molar-refractivity contribution in [1.82, 2.24) is 10.2 Å². The number of hydrogen-bond acceptors (Lipinski definition) is 3. The van der Waals surface area contributed by atoms with E-state index in [2.05, 4.69) is 16.3 Å². The first kappa shape index (κ1) is 23.5. The summed E-state index contributed by atoms with van der Waals surface area (Å²) in [4.78, 5) is 14.8. The van der Waals surface area contributed by atoms with Gasteiger partial charge in [-0.15, -0.1) is 12.4 Å². The van der Waals surface area contributed by atoms with Crippen molar-refractivity contribution >= 4 is 29.9 Å². The fourth-order valence-electron chi connectivity index (χ4n) is 3.70. The van der Waals surface area contributed by atoms with Gasteiger partial charge in [0.2, 0.25) is 0 Å². The highest BCUT2D eigenvalue weighted by Crippen LogP contribution is 2.29. The van der Waals surface area contributed by atoms with Crippen LogP contribution in [0, 0.1) is 6.92 Å². The van der Waals surface area contributed by atoms with E-state index in [1.54, 1.807) is 0 Å². The fourth-order valence-corrected chi connectivity index (χ4v) is 3.97. The van der Waals surface area contributed by atoms with Crippen LogP contribution in [0.4, 0.5) is 0 Å². The monoisotopic (exact) mass is 436 g/mol. The highest BCUT2D eigenvalue weighted by molar-refractivity contribution is 6.31. The van der Waals surface area contributed by atoms with Crippen molar-refractivity contribution in [3.63, 3.8) is 0 Å². The first-order valence-electron chi connectivity index (χ1n) is 10.1. The van der Waals surface area contributed by atoms with Crippen LogP contribution in [-0.2, 0) is 4.79 Å². The Bertz CT molecular complexity index is 777. The molecule has 6 heteroatoms. The molecule has 4 nitrogen and oxygen atoms in total. The summed E-state index contributed by atoms with van der Waals surface area (Å²) >= 11 is 6.49. The molecule has 0 bridgehead atoms. The minimum Gasteiger partial charge on any atom is -0.484 e. The van der Waals surface area contributed by atoms with Gasteiger partial charge in [-0.25, -0.2) is 0 Å². The highest BCUT2D eigenvalue weighted by Gasteiger charge is 2.24. The van der Waals surface area contributed by atoms with Crippen molar-refractivity contribution in [3.8, 4) is 5.75 Å². The normalized spacial score (nSPS) is 15.7. The third-order valence-corrected chi connectivity index (χ3v) is 5.54. The van der Waals surface area contributed by atoms with Gasteiger partial charge in [0.05, 0.1) is 6.04 Å². The summed E-state index contributed by atoms with van der Waals surface area (Å²) in [5.74, 6) is 0.596. The lowest BCUT2D eigenvalue weighted by Crippen LogP contribution is -2.40. The topological polar surface area (TPSA) is 41.6 Å². The summed E-state index contributed by atoms with van der Waals surface area (Å²) in [5.41, 5.74) is 2.18. The van der Waals surface area contributed by atoms with Gasteiger partial charge in [0, 0.05) is 11.6 Å². The average Bonchev–Trinajstić information content (AvgIpc) is 2.97. The van der Waals surface area contributed by atoms with Crippen LogP contribution in [0.2, 0.25) is 5.02 Å². The lowest BCUT2D eigenvalue weighted by atomic mass is 10.0. The van der Waals surface area contributed by atoms with Gasteiger partial charge in [-0.05, 0) is 62.2 Å². The molecule has 0 aromatic heterocycles. The van der Waals surface area contributed by atoms with Crippen LogP contribution in [0.1, 0.15) is 42.9 Å². The van der Waals surface area contributed by atoms with E-state index in [4.69, 9.17) is 16.3 Å². The molecule has 1 fully saturated rings. The highest BCUT2D eigenvalue weighted by atomic mass is 35.5. The van der Waals surface area contributed by atoms with Crippen LogP contribution in [0.3, 0.4) is 0 Å². The maximum absolute atomic E-state index is 12.4. The molecule has 1 aliphatic heterocycles. The minimum absolute atomic E-state index is 0. The van der Waals surface area contributed by atoms with Crippen LogP contribution in [0.5, 0.6) is 5.75 Å². The Morgan fingerprint density at radius 2 is 1.83 bits per heavy atom. The van der Waals surface area contributed by atoms with Crippen molar-refractivity contribution < 1.29 is 9.53 Å². The van der Waals surface area contributed by atoms with Crippen molar-refractivity contribution in [2.24, 2.45) is 0 Å². The van der Waals surface area contributed by atoms with E-state index in [9.17, 15) is 4.79 Å². The van der Waals surface area contributed by atoms with Crippen LogP contribution in [0.25, 0.3) is 0 Å². The van der Waals surface area contributed by atoms with Crippen LogP contribution >= 0.6 is 24.0 Å². The van der Waals surface area contributed by atoms with Gasteiger partial charge in [-0.2, -0.15) is 0 Å². The van der Waals surface area contributed by atoms with Crippen molar-refractivity contribution in [3.05, 3.63) is 64.7 Å². The lowest BCUT2D eigenvalue weighted by molar-refractivity contribution is -0.123. The van der Waals surface area contributed by atoms with E-state index in [0.29, 0.717) is 12.3 Å². The van der Waals surface area contributed by atoms with Gasteiger partial charge in [0.1, 0.15) is 5.75 Å². The van der Waals surface area contributed by atoms with E-state index in [0.717, 1.165) is 29.2 Å². The molecule has 0 spiro atoms. The zero-order valence-electron chi connectivity index (χ0n) is 16.9. The Morgan fingerprint density at radius 1 is 1.10 bits per heavy atom. The molecular weight excluding hydrogens is 407 g/mol. The second kappa shape index (κ2) is 12.1. The summed E-state index contributed by atoms with van der Waals surface area (Å²) in [5, 5.41) is 3.80. The fraction of sp³-hybridized carbons (Fsp3) is 0.435. The number of nitrogens with zero attached hydrogens (tertiary/aromatic N) is 1. The second-order valence-electron chi connectivity index (χ2n) is 7.40. The van der Waals surface area contributed by atoms with E-state index < -0.39 is 0 Å². The molecule has 2 aromatic rings. The van der Waals surface area contributed by atoms with Gasteiger partial charge >= 0.3 is 0 Å². The van der Waals surface area contributed by atoms with Crippen LogP contribution in [0.15, 0.2) is 48.5 Å². The zero-order chi connectivity index (χ0) is 19.8. The summed E-state index contributed by atoms with van der Waals surface area (Å²) in [7, 11) is 0. The summed E-state index contributed by atoms with van der Waals surface area (Å²) in [6.45, 7) is 4.61. The largest absolute Gasteiger partial charge is 0.484 e. The Kier molecular flexibility index (Phi) is 9.79. The molecule has 0 radical (unpaired) electrons. The molecule has 1 heterocycles. The molecule has 0 aliphatic carbocycles. The quantitative estimate of drug-likeness (QED) is 0.649. The Morgan fingerprint density at radius 3 is 2.52 bits per heavy atom. The Balaban J connectivity index is 0.00000300. The number of likely N-dealkylation sites (tertiary alicyclic amines) is 1. The zero-order valence-corrected chi connectivity index (χ0v) is 18.5. The first-order valence-corrected chi connectivity index (χ1v) is 10.5. The number of halogens is 2. The third-order valence-electron chi connectivity index (χ3n) is 5.20. The Hall–Kier alpha value is -1.75. The number of carbonyl (C=O) groups excluding carboxylic acids is 1. The molecule has 29 heavy (non-hydrogen) atoms. The van der Waals surface area contributed by atoms with Gasteiger partial charge in [0.25, 0.3) is 5.91 Å². The van der Waals surface area contributed by atoms with Gasteiger partial charge in [-0.1, -0.05) is 54.8 Å². The van der Waals surface area contributed by atoms with E-state index >= 15 is 0 Å². The molecule has 1 N–H and O–H groups in total. The maximum atomic E-state index is 12.4. The van der Waals surface area contributed by atoms with E-state index in [1.165, 1.54) is 25.7 Å². The van der Waals surface area contributed by atoms with Crippen molar-refractivity contribution in [2.75, 3.05) is 26.2 Å². The maximum Gasteiger partial charge on any atom is 0.258 e. The number of aryl methyl sites for hydroxylation is 1. The number of amides is 1. The number of carbonyl (C=O) groups is 1. The molecule has 158 valence electrons. The third kappa shape index (κ3) is 7.22. The molecule has 2 aromatic carbocycles. The summed E-state index contributed by atoms with van der Waals surface area (Å²) < 4.78 is 5.62. The predicted molar refractivity (Wildman–Crippen MR) is 121 cm³/mol. The van der Waals surface area contributed by atoms with Gasteiger partial charge in [-0.3, -0.25) is 9.69 Å². The van der Waals surface area contributed by atoms with Crippen LogP contribution in [-0.4, -0.2) is 37.0 Å². The predicted octanol–water partition coefficient (Wildman–Crippen LogP) is 5.18. The van der Waals surface area contributed by atoms with Crippen LogP contribution < -0.4 is 10.1 Å². The molecule has 1 aliphatic rings. The van der Waals surface area contributed by atoms with E-state index in [1.807, 2.05) is 49.4 Å². The summed E-state index contributed by atoms with van der Waals surface area (Å²) in [6, 6.07) is 15.7. The molecule has 0 saturated carbocycles. The smallest absolute Gasteiger partial charge is 0.258 e. The molecule has 3 rings (SSSR count). The first-order chi connectivity index (χ1) is 13.6. The molecule has 1 amide bonds. The lowest BCUT2D eigenvalue weighted by Gasteiger charge is -2.31. The van der Waals surface area contributed by atoms with Gasteiger partial charge < -0.3 is 10.1 Å². The molecular formula is C23H30Cl2N2O2. The standard InChI is InChI=1S/C23H29ClN2O2.ClH/c1-18-9-8-10-19(15-18)28-17-23(27)25-16-22(20-11-4-5-12-21(20)24)26-13-6-2-3-7-14-26;/h4-5,8-12,15,22H,2-3,6-7,13-14,16-17H2,1H3,(H,25,27);1H. The number of nitrogens with one attached hydrogen (secondary N) is 1. The number of rotatable bonds is 7. The average molecular weight is 437 g/mol. The second-order valence-corrected chi connectivity index (χ2v) is 7.80. The summed E-state index contributed by atoms with van der Waals surface area (Å²) in [6.07, 6.45) is 4.90. The van der Waals surface area contributed by atoms with Crippen molar-refractivity contribution in [2.45, 2.75) is 38.6 Å². The number of benzene rings is 2. The Labute approximate surface area is 185 Å². The molecule has 1 unspecified atom stereocenters. The number of ether oxygens (including phenoxy) is 1. The van der Waals surface area contributed by atoms with E-state index in [-0.39, 0.29) is 31.0 Å². The molecule has 1 atom stereocenters. The van der Waals surface area contributed by atoms with Gasteiger partial charge in [0.15, 0.2) is 6.61 Å². The number of hydrogen-bond donors (Lipinski definition) is 1.